The summed E-state index contributed by atoms with van der Waals surface area (Å²) in [6.07, 6.45) is 3.93. The third kappa shape index (κ3) is 3.64. The van der Waals surface area contributed by atoms with Crippen LogP contribution in [0.3, 0.4) is 0 Å². The Morgan fingerprint density at radius 2 is 2.32 bits per heavy atom. The van der Waals surface area contributed by atoms with Crippen LogP contribution in [-0.2, 0) is 0 Å². The van der Waals surface area contributed by atoms with Crippen LogP contribution in [0.1, 0.15) is 30.8 Å². The third-order valence-corrected chi connectivity index (χ3v) is 3.50. The van der Waals surface area contributed by atoms with E-state index >= 15 is 0 Å². The molecule has 1 aromatic heterocycles. The molecule has 0 aromatic carbocycles. The lowest BCUT2D eigenvalue weighted by Crippen LogP contribution is -2.33. The number of amides is 1. The number of hydrogen-bond acceptors (Lipinski definition) is 5. The average Bonchev–Trinajstić information content (AvgIpc) is 2.86. The first kappa shape index (κ1) is 13.7. The molecule has 1 fully saturated rings. The summed E-state index contributed by atoms with van der Waals surface area (Å²) in [7, 11) is 0. The van der Waals surface area contributed by atoms with Gasteiger partial charge < -0.3 is 16.0 Å². The molecule has 1 unspecified atom stereocenters. The second-order valence-corrected chi connectivity index (χ2v) is 5.28. The van der Waals surface area contributed by atoms with Gasteiger partial charge in [-0.15, -0.1) is 0 Å². The van der Waals surface area contributed by atoms with E-state index in [1.807, 2.05) is 0 Å². The summed E-state index contributed by atoms with van der Waals surface area (Å²) in [5.41, 5.74) is 5.75. The highest BCUT2D eigenvalue weighted by Gasteiger charge is 2.24. The van der Waals surface area contributed by atoms with Crippen LogP contribution >= 0.6 is 0 Å². The number of hydrogen-bond donors (Lipinski definition) is 2. The highest BCUT2D eigenvalue weighted by atomic mass is 16.1. The number of likely N-dealkylation sites (tertiary alicyclic amines) is 1. The van der Waals surface area contributed by atoms with Gasteiger partial charge in [0.15, 0.2) is 0 Å². The molecule has 6 nitrogen and oxygen atoms in total. The second kappa shape index (κ2) is 5.97. The summed E-state index contributed by atoms with van der Waals surface area (Å²) in [6.45, 7) is 7.25. The Hall–Kier alpha value is -1.69. The lowest BCUT2D eigenvalue weighted by atomic mass is 10.1. The fourth-order valence-electron chi connectivity index (χ4n) is 2.28. The topological polar surface area (TPSA) is 84.1 Å². The highest BCUT2D eigenvalue weighted by Crippen LogP contribution is 2.17. The van der Waals surface area contributed by atoms with Gasteiger partial charge in [-0.1, -0.05) is 0 Å². The first-order valence-corrected chi connectivity index (χ1v) is 6.66. The van der Waals surface area contributed by atoms with E-state index in [1.54, 1.807) is 0 Å². The lowest BCUT2D eigenvalue weighted by molar-refractivity contribution is 0.0942. The van der Waals surface area contributed by atoms with Crippen molar-refractivity contribution in [1.29, 1.82) is 0 Å². The summed E-state index contributed by atoms with van der Waals surface area (Å²) in [6, 6.07) is 0.573. The fraction of sp³-hybridized carbons (Fsp3) is 0.615. The minimum absolute atomic E-state index is 0.185. The number of nitrogens with zero attached hydrogens (tertiary/aromatic N) is 3. The van der Waals surface area contributed by atoms with E-state index in [0.717, 1.165) is 19.5 Å². The maximum atomic E-state index is 11.9. The van der Waals surface area contributed by atoms with Gasteiger partial charge >= 0.3 is 0 Å². The van der Waals surface area contributed by atoms with Crippen LogP contribution in [0, 0.1) is 5.92 Å². The van der Waals surface area contributed by atoms with Gasteiger partial charge in [-0.05, 0) is 32.7 Å². The summed E-state index contributed by atoms with van der Waals surface area (Å²) in [5.74, 6) is 0.656. The zero-order valence-electron chi connectivity index (χ0n) is 11.5. The molecule has 3 N–H and O–H groups in total. The lowest BCUT2D eigenvalue weighted by Gasteiger charge is -2.20. The molecule has 104 valence electrons. The molecule has 0 spiro atoms. The smallest absolute Gasteiger partial charge is 0.271 e. The predicted molar refractivity (Wildman–Crippen MR) is 73.6 cm³/mol. The van der Waals surface area contributed by atoms with Crippen molar-refractivity contribution in [1.82, 2.24) is 20.2 Å². The SMILES string of the molecule is CC(C)N1CCC(CNC(=O)c2cnc(N)cn2)C1. The van der Waals surface area contributed by atoms with Gasteiger partial charge in [0.1, 0.15) is 11.5 Å². The van der Waals surface area contributed by atoms with E-state index in [2.05, 4.69) is 34.0 Å². The number of carbonyl (C=O) groups is 1. The number of nitrogen functional groups attached to an aromatic ring is 1. The Balaban J connectivity index is 1.80. The van der Waals surface area contributed by atoms with Crippen LogP contribution in [0.5, 0.6) is 0 Å². The number of anilines is 1. The summed E-state index contributed by atoms with van der Waals surface area (Å²) in [5, 5.41) is 2.91. The predicted octanol–water partition coefficient (Wildman–Crippen LogP) is 0.519. The monoisotopic (exact) mass is 263 g/mol. The molecule has 1 saturated heterocycles. The Morgan fingerprint density at radius 1 is 1.53 bits per heavy atom. The van der Waals surface area contributed by atoms with E-state index in [4.69, 9.17) is 5.73 Å². The van der Waals surface area contributed by atoms with E-state index < -0.39 is 0 Å². The van der Waals surface area contributed by atoms with Gasteiger partial charge in [-0.2, -0.15) is 0 Å². The number of rotatable bonds is 4. The van der Waals surface area contributed by atoms with E-state index in [-0.39, 0.29) is 5.91 Å². The fourth-order valence-corrected chi connectivity index (χ4v) is 2.28. The van der Waals surface area contributed by atoms with E-state index in [0.29, 0.717) is 30.0 Å². The van der Waals surface area contributed by atoms with Crippen molar-refractivity contribution in [2.45, 2.75) is 26.3 Å². The molecule has 1 amide bonds. The second-order valence-electron chi connectivity index (χ2n) is 5.28. The summed E-state index contributed by atoms with van der Waals surface area (Å²) < 4.78 is 0. The maximum Gasteiger partial charge on any atom is 0.271 e. The van der Waals surface area contributed by atoms with Crippen LogP contribution < -0.4 is 11.1 Å². The van der Waals surface area contributed by atoms with Crippen molar-refractivity contribution >= 4 is 11.7 Å². The summed E-state index contributed by atoms with van der Waals surface area (Å²) >= 11 is 0. The molecule has 6 heteroatoms. The number of nitrogens with one attached hydrogen (secondary N) is 1. The van der Waals surface area contributed by atoms with E-state index in [9.17, 15) is 4.79 Å². The van der Waals surface area contributed by atoms with Gasteiger partial charge in [0.2, 0.25) is 0 Å². The molecule has 1 atom stereocenters. The van der Waals surface area contributed by atoms with Crippen molar-refractivity contribution in [3.05, 3.63) is 18.1 Å². The molecule has 0 saturated carbocycles. The quantitative estimate of drug-likeness (QED) is 0.827. The number of carbonyl (C=O) groups excluding carboxylic acids is 1. The van der Waals surface area contributed by atoms with Crippen LogP contribution in [0.4, 0.5) is 5.82 Å². The van der Waals surface area contributed by atoms with Gasteiger partial charge in [0.25, 0.3) is 5.91 Å². The Labute approximate surface area is 113 Å². The summed E-state index contributed by atoms with van der Waals surface area (Å²) in [4.78, 5) is 22.1. The van der Waals surface area contributed by atoms with Crippen molar-refractivity contribution in [2.75, 3.05) is 25.4 Å². The van der Waals surface area contributed by atoms with Crippen LogP contribution in [0.2, 0.25) is 0 Å². The zero-order valence-corrected chi connectivity index (χ0v) is 11.5. The first-order valence-electron chi connectivity index (χ1n) is 6.66. The van der Waals surface area contributed by atoms with Crippen molar-refractivity contribution < 1.29 is 4.79 Å². The largest absolute Gasteiger partial charge is 0.382 e. The van der Waals surface area contributed by atoms with Crippen LogP contribution in [0.25, 0.3) is 0 Å². The van der Waals surface area contributed by atoms with Crippen LogP contribution in [0.15, 0.2) is 12.4 Å². The van der Waals surface area contributed by atoms with Gasteiger partial charge in [-0.3, -0.25) is 4.79 Å². The minimum Gasteiger partial charge on any atom is -0.382 e. The van der Waals surface area contributed by atoms with Crippen molar-refractivity contribution in [2.24, 2.45) is 5.92 Å². The van der Waals surface area contributed by atoms with Crippen molar-refractivity contribution in [3.63, 3.8) is 0 Å². The normalized spacial score (nSPS) is 19.8. The highest BCUT2D eigenvalue weighted by molar-refractivity contribution is 5.91. The van der Waals surface area contributed by atoms with Crippen LogP contribution in [-0.4, -0.2) is 46.5 Å². The zero-order chi connectivity index (χ0) is 13.8. The standard InChI is InChI=1S/C13H21N5O/c1-9(2)18-4-3-10(8-18)5-17-13(19)11-6-16-12(14)7-15-11/h6-7,9-10H,3-5,8H2,1-2H3,(H2,14,16)(H,17,19). The first-order chi connectivity index (χ1) is 9.06. The van der Waals surface area contributed by atoms with E-state index in [1.165, 1.54) is 12.4 Å². The molecule has 19 heavy (non-hydrogen) atoms. The van der Waals surface area contributed by atoms with Gasteiger partial charge in [0.05, 0.1) is 12.4 Å². The number of nitrogens with two attached hydrogens (primary N) is 1. The Morgan fingerprint density at radius 3 is 2.89 bits per heavy atom. The molecule has 1 aliphatic rings. The molecule has 2 rings (SSSR count). The molecule has 0 bridgehead atoms. The van der Waals surface area contributed by atoms with Gasteiger partial charge in [0, 0.05) is 19.1 Å². The van der Waals surface area contributed by atoms with Crippen molar-refractivity contribution in [3.8, 4) is 0 Å². The average molecular weight is 263 g/mol. The molecule has 0 radical (unpaired) electrons. The molecular formula is C13H21N5O. The Kier molecular flexibility index (Phi) is 4.31. The molecular weight excluding hydrogens is 242 g/mol. The molecule has 0 aliphatic carbocycles. The maximum absolute atomic E-state index is 11.9. The third-order valence-electron chi connectivity index (χ3n) is 3.50. The molecule has 1 aromatic rings. The Bertz CT molecular complexity index is 431. The molecule has 1 aliphatic heterocycles. The minimum atomic E-state index is -0.185. The van der Waals surface area contributed by atoms with Gasteiger partial charge in [-0.25, -0.2) is 9.97 Å². The number of aromatic nitrogens is 2. The molecule has 2 heterocycles.